The van der Waals surface area contributed by atoms with Gasteiger partial charge in [-0.05, 0) is 49.2 Å². The number of aryl methyl sites for hydroxylation is 1. The molecule has 3 N–H and O–H groups in total. The van der Waals surface area contributed by atoms with E-state index in [1.165, 1.54) is 19.1 Å². The van der Waals surface area contributed by atoms with Crippen molar-refractivity contribution in [3.05, 3.63) is 53.6 Å². The Morgan fingerprint density at radius 2 is 1.90 bits per heavy atom. The topological polar surface area (TPSA) is 121 Å². The van der Waals surface area contributed by atoms with Crippen molar-refractivity contribution >= 4 is 39.0 Å². The maximum absolute atomic E-state index is 12.5. The second-order valence-electron chi connectivity index (χ2n) is 6.70. The molecule has 0 aliphatic carbocycles. The van der Waals surface area contributed by atoms with E-state index >= 15 is 0 Å². The first kappa shape index (κ1) is 20.7. The summed E-state index contributed by atoms with van der Waals surface area (Å²) in [5, 5.41) is 5.34. The highest BCUT2D eigenvalue weighted by Crippen LogP contribution is 2.25. The predicted molar refractivity (Wildman–Crippen MR) is 108 cm³/mol. The number of nitrogens with one attached hydrogen (secondary N) is 3. The molecule has 0 atom stereocenters. The number of fused-ring (bicyclic) bond motifs is 1. The fraction of sp³-hybridized carbons (Fsp3) is 0.250. The van der Waals surface area contributed by atoms with Crippen molar-refractivity contribution in [2.45, 2.75) is 31.1 Å². The molecule has 8 nitrogen and oxygen atoms in total. The van der Waals surface area contributed by atoms with Gasteiger partial charge in [-0.25, -0.2) is 13.1 Å². The molecule has 0 radical (unpaired) electrons. The van der Waals surface area contributed by atoms with Crippen LogP contribution in [0.1, 0.15) is 35.7 Å². The molecular formula is C20H21N3O5S. The van der Waals surface area contributed by atoms with Crippen molar-refractivity contribution in [3.63, 3.8) is 0 Å². The molecule has 29 heavy (non-hydrogen) atoms. The van der Waals surface area contributed by atoms with Crippen LogP contribution in [0.5, 0.6) is 0 Å². The van der Waals surface area contributed by atoms with Gasteiger partial charge in [-0.15, -0.1) is 0 Å². The number of hydrogen-bond acceptors (Lipinski definition) is 5. The highest BCUT2D eigenvalue weighted by Gasteiger charge is 2.20. The van der Waals surface area contributed by atoms with E-state index in [-0.39, 0.29) is 35.5 Å². The standard InChI is InChI=1S/C20H21N3O5S/c1-13(24)14-3-2-4-16(11-14)22-20(26)9-10-21-29(27,28)17-6-7-18-15(12-17)5-8-19(25)23-18/h2-4,6-7,11-12,21H,5,8-10H2,1H3,(H,22,26)(H,23,25). The van der Waals surface area contributed by atoms with E-state index in [4.69, 9.17) is 0 Å². The summed E-state index contributed by atoms with van der Waals surface area (Å²) in [6, 6.07) is 11.0. The van der Waals surface area contributed by atoms with Gasteiger partial charge in [0.25, 0.3) is 0 Å². The second-order valence-corrected chi connectivity index (χ2v) is 8.47. The summed E-state index contributed by atoms with van der Waals surface area (Å²) in [4.78, 5) is 34.9. The summed E-state index contributed by atoms with van der Waals surface area (Å²) >= 11 is 0. The van der Waals surface area contributed by atoms with Gasteiger partial charge in [0, 0.05) is 36.3 Å². The Morgan fingerprint density at radius 1 is 1.10 bits per heavy atom. The number of carbonyl (C=O) groups is 3. The Kier molecular flexibility index (Phi) is 6.09. The van der Waals surface area contributed by atoms with Crippen molar-refractivity contribution in [2.24, 2.45) is 0 Å². The minimum Gasteiger partial charge on any atom is -0.326 e. The Labute approximate surface area is 168 Å². The lowest BCUT2D eigenvalue weighted by Crippen LogP contribution is -2.28. The van der Waals surface area contributed by atoms with Crippen molar-refractivity contribution in [3.8, 4) is 0 Å². The smallest absolute Gasteiger partial charge is 0.240 e. The number of ketones is 1. The summed E-state index contributed by atoms with van der Waals surface area (Å²) in [5.74, 6) is -0.578. The lowest BCUT2D eigenvalue weighted by molar-refractivity contribution is -0.117. The van der Waals surface area contributed by atoms with Crippen molar-refractivity contribution in [1.29, 1.82) is 0 Å². The molecule has 0 spiro atoms. The predicted octanol–water partition coefficient (Wildman–Crippen LogP) is 2.08. The van der Waals surface area contributed by atoms with Crippen LogP contribution in [0.4, 0.5) is 11.4 Å². The molecular weight excluding hydrogens is 394 g/mol. The molecule has 3 rings (SSSR count). The fourth-order valence-electron chi connectivity index (χ4n) is 2.95. The molecule has 152 valence electrons. The Morgan fingerprint density at radius 3 is 2.66 bits per heavy atom. The SMILES string of the molecule is CC(=O)c1cccc(NC(=O)CCNS(=O)(=O)c2ccc3c(c2)CCC(=O)N3)c1. The Balaban J connectivity index is 1.57. The highest BCUT2D eigenvalue weighted by atomic mass is 32.2. The van der Waals surface area contributed by atoms with Gasteiger partial charge in [-0.2, -0.15) is 0 Å². The number of benzene rings is 2. The number of rotatable bonds is 7. The number of sulfonamides is 1. The van der Waals surface area contributed by atoms with Gasteiger partial charge >= 0.3 is 0 Å². The van der Waals surface area contributed by atoms with E-state index in [0.29, 0.717) is 29.8 Å². The van der Waals surface area contributed by atoms with Crippen LogP contribution in [-0.4, -0.2) is 32.6 Å². The third-order valence-corrected chi connectivity index (χ3v) is 5.94. The maximum atomic E-state index is 12.5. The quantitative estimate of drug-likeness (QED) is 0.598. The van der Waals surface area contributed by atoms with Crippen LogP contribution in [0.25, 0.3) is 0 Å². The summed E-state index contributed by atoms with van der Waals surface area (Å²) in [6.07, 6.45) is 0.728. The van der Waals surface area contributed by atoms with E-state index in [1.54, 1.807) is 30.3 Å². The fourth-order valence-corrected chi connectivity index (χ4v) is 4.03. The zero-order valence-corrected chi connectivity index (χ0v) is 16.6. The second kappa shape index (κ2) is 8.54. The van der Waals surface area contributed by atoms with Crippen LogP contribution in [-0.2, 0) is 26.0 Å². The third kappa shape index (κ3) is 5.27. The average molecular weight is 415 g/mol. The summed E-state index contributed by atoms with van der Waals surface area (Å²) in [5.41, 5.74) is 2.33. The van der Waals surface area contributed by atoms with Crippen molar-refractivity contribution in [1.82, 2.24) is 4.72 Å². The minimum absolute atomic E-state index is 0.0650. The maximum Gasteiger partial charge on any atom is 0.240 e. The molecule has 0 aromatic heterocycles. The first-order valence-electron chi connectivity index (χ1n) is 9.08. The van der Waals surface area contributed by atoms with Gasteiger partial charge < -0.3 is 10.6 Å². The lowest BCUT2D eigenvalue weighted by atomic mass is 10.0. The van der Waals surface area contributed by atoms with Crippen LogP contribution in [0.3, 0.4) is 0 Å². The number of carbonyl (C=O) groups excluding carboxylic acids is 3. The zero-order valence-electron chi connectivity index (χ0n) is 15.8. The first-order chi connectivity index (χ1) is 13.7. The van der Waals surface area contributed by atoms with Gasteiger partial charge in [0.1, 0.15) is 0 Å². The van der Waals surface area contributed by atoms with E-state index in [0.717, 1.165) is 5.56 Å². The molecule has 2 amide bonds. The molecule has 0 saturated heterocycles. The van der Waals surface area contributed by atoms with Crippen LogP contribution in [0, 0.1) is 0 Å². The first-order valence-corrected chi connectivity index (χ1v) is 10.6. The molecule has 0 fully saturated rings. The number of amides is 2. The largest absolute Gasteiger partial charge is 0.326 e. The number of Topliss-reactive ketones (excluding diaryl/α,β-unsaturated/α-hetero) is 1. The molecule has 0 unspecified atom stereocenters. The summed E-state index contributed by atoms with van der Waals surface area (Å²) in [6.45, 7) is 1.36. The summed E-state index contributed by atoms with van der Waals surface area (Å²) < 4.78 is 27.4. The molecule has 9 heteroatoms. The van der Waals surface area contributed by atoms with Gasteiger partial charge in [0.2, 0.25) is 21.8 Å². The molecule has 0 saturated carbocycles. The Bertz CT molecular complexity index is 1080. The number of anilines is 2. The van der Waals surface area contributed by atoms with Gasteiger partial charge in [-0.3, -0.25) is 14.4 Å². The lowest BCUT2D eigenvalue weighted by Gasteiger charge is -2.17. The van der Waals surface area contributed by atoms with E-state index in [2.05, 4.69) is 15.4 Å². The summed E-state index contributed by atoms with van der Waals surface area (Å²) in [7, 11) is -3.78. The number of hydrogen-bond donors (Lipinski definition) is 3. The van der Waals surface area contributed by atoms with Crippen LogP contribution in [0.2, 0.25) is 0 Å². The normalized spacial score (nSPS) is 13.3. The van der Waals surface area contributed by atoms with E-state index in [9.17, 15) is 22.8 Å². The van der Waals surface area contributed by atoms with Crippen LogP contribution in [0.15, 0.2) is 47.4 Å². The third-order valence-electron chi connectivity index (χ3n) is 4.48. The molecule has 1 aliphatic rings. The molecule has 1 heterocycles. The Hall–Kier alpha value is -3.04. The minimum atomic E-state index is -3.78. The zero-order chi connectivity index (χ0) is 21.0. The van der Waals surface area contributed by atoms with Crippen LogP contribution >= 0.6 is 0 Å². The van der Waals surface area contributed by atoms with Crippen molar-refractivity contribution < 1.29 is 22.8 Å². The molecule has 2 aromatic rings. The van der Waals surface area contributed by atoms with Gasteiger partial charge in [0.15, 0.2) is 5.78 Å². The van der Waals surface area contributed by atoms with Crippen LogP contribution < -0.4 is 15.4 Å². The van der Waals surface area contributed by atoms with E-state index < -0.39 is 10.0 Å². The van der Waals surface area contributed by atoms with E-state index in [1.807, 2.05) is 0 Å². The monoisotopic (exact) mass is 415 g/mol. The van der Waals surface area contributed by atoms with Gasteiger partial charge in [0.05, 0.1) is 4.90 Å². The molecule has 1 aliphatic heterocycles. The molecule has 2 aromatic carbocycles. The highest BCUT2D eigenvalue weighted by molar-refractivity contribution is 7.89. The van der Waals surface area contributed by atoms with Gasteiger partial charge in [-0.1, -0.05) is 12.1 Å². The average Bonchev–Trinajstić information content (AvgIpc) is 2.67. The molecule has 0 bridgehead atoms. The van der Waals surface area contributed by atoms with Crippen molar-refractivity contribution in [2.75, 3.05) is 17.2 Å².